The van der Waals surface area contributed by atoms with Crippen LogP contribution in [0.15, 0.2) is 29.1 Å². The van der Waals surface area contributed by atoms with Crippen LogP contribution >= 0.6 is 11.3 Å². The monoisotopic (exact) mass is 262 g/mol. The molecule has 0 bridgehead atoms. The van der Waals surface area contributed by atoms with E-state index in [-0.39, 0.29) is 11.7 Å². The molecule has 0 aliphatic carbocycles. The number of rotatable bonds is 3. The molecular formula is C13H14N2O2S. The van der Waals surface area contributed by atoms with Crippen LogP contribution < -0.4 is 4.90 Å². The zero-order valence-corrected chi connectivity index (χ0v) is 11.1. The van der Waals surface area contributed by atoms with Gasteiger partial charge >= 0.3 is 0 Å². The molecule has 94 valence electrons. The highest BCUT2D eigenvalue weighted by molar-refractivity contribution is 7.07. The highest BCUT2D eigenvalue weighted by atomic mass is 32.1. The van der Waals surface area contributed by atoms with Crippen LogP contribution in [0.1, 0.15) is 23.0 Å². The highest BCUT2D eigenvalue weighted by Crippen LogP contribution is 2.26. The predicted molar refractivity (Wildman–Crippen MR) is 72.3 cm³/mol. The third-order valence-electron chi connectivity index (χ3n) is 2.70. The molecule has 5 heteroatoms. The van der Waals surface area contributed by atoms with Gasteiger partial charge in [-0.3, -0.25) is 4.79 Å². The number of carbonyl (C=O) groups is 1. The number of carbonyl (C=O) groups excluding carboxylic acids is 1. The lowest BCUT2D eigenvalue weighted by Gasteiger charge is -2.22. The number of aromatic nitrogens is 1. The van der Waals surface area contributed by atoms with Crippen molar-refractivity contribution in [2.45, 2.75) is 13.8 Å². The molecular weight excluding hydrogens is 248 g/mol. The fourth-order valence-corrected chi connectivity index (χ4v) is 2.29. The Balaban J connectivity index is 2.39. The number of nitrogens with zero attached hydrogens (tertiary/aromatic N) is 2. The second-order valence-electron chi connectivity index (χ2n) is 3.89. The molecule has 0 radical (unpaired) electrons. The van der Waals surface area contributed by atoms with Crippen LogP contribution in [0.5, 0.6) is 5.75 Å². The van der Waals surface area contributed by atoms with E-state index in [0.717, 1.165) is 11.3 Å². The van der Waals surface area contributed by atoms with Gasteiger partial charge in [0.1, 0.15) is 11.4 Å². The van der Waals surface area contributed by atoms with Crippen molar-refractivity contribution in [1.82, 2.24) is 4.98 Å². The zero-order valence-electron chi connectivity index (χ0n) is 10.3. The lowest BCUT2D eigenvalue weighted by atomic mass is 10.1. The van der Waals surface area contributed by atoms with E-state index in [1.54, 1.807) is 34.0 Å². The van der Waals surface area contributed by atoms with E-state index in [0.29, 0.717) is 12.2 Å². The Labute approximate surface area is 110 Å². The molecule has 2 rings (SSSR count). The minimum Gasteiger partial charge on any atom is -0.508 e. The quantitative estimate of drug-likeness (QED) is 0.925. The van der Waals surface area contributed by atoms with E-state index >= 15 is 0 Å². The van der Waals surface area contributed by atoms with Gasteiger partial charge in [0.15, 0.2) is 0 Å². The van der Waals surface area contributed by atoms with Gasteiger partial charge in [-0.1, -0.05) is 6.07 Å². The summed E-state index contributed by atoms with van der Waals surface area (Å²) in [4.78, 5) is 17.9. The van der Waals surface area contributed by atoms with Crippen LogP contribution in [0, 0.1) is 6.92 Å². The molecule has 1 heterocycles. The van der Waals surface area contributed by atoms with Crippen LogP contribution in [0.25, 0.3) is 0 Å². The molecule has 0 atom stereocenters. The second kappa shape index (κ2) is 5.18. The summed E-state index contributed by atoms with van der Waals surface area (Å²) >= 11 is 1.39. The van der Waals surface area contributed by atoms with E-state index in [1.165, 1.54) is 11.3 Å². The number of anilines is 1. The van der Waals surface area contributed by atoms with Crippen LogP contribution in [-0.4, -0.2) is 22.5 Å². The first-order valence-corrected chi connectivity index (χ1v) is 6.57. The molecule has 1 N–H and O–H groups in total. The molecule has 0 saturated carbocycles. The van der Waals surface area contributed by atoms with Crippen molar-refractivity contribution in [2.75, 3.05) is 11.4 Å². The second-order valence-corrected chi connectivity index (χ2v) is 4.61. The average Bonchev–Trinajstić information content (AvgIpc) is 2.88. The minimum absolute atomic E-state index is 0.146. The van der Waals surface area contributed by atoms with Gasteiger partial charge in [0, 0.05) is 18.0 Å². The number of hydrogen-bond acceptors (Lipinski definition) is 4. The van der Waals surface area contributed by atoms with Crippen molar-refractivity contribution < 1.29 is 9.90 Å². The standard InChI is InChI=1S/C13H14N2O2S/c1-3-15(13(17)11-7-18-8-14-11)12-6-10(16)5-4-9(12)2/h4-8,16H,3H2,1-2H3. The maximum atomic E-state index is 12.3. The van der Waals surface area contributed by atoms with Crippen molar-refractivity contribution in [2.24, 2.45) is 0 Å². The van der Waals surface area contributed by atoms with E-state index < -0.39 is 0 Å². The molecule has 0 aliphatic rings. The molecule has 0 aliphatic heterocycles. The number of phenolic OH excluding ortho intramolecular Hbond substituents is 1. The smallest absolute Gasteiger partial charge is 0.277 e. The first-order valence-electron chi connectivity index (χ1n) is 5.63. The maximum absolute atomic E-state index is 12.3. The fourth-order valence-electron chi connectivity index (χ4n) is 1.77. The minimum atomic E-state index is -0.146. The summed E-state index contributed by atoms with van der Waals surface area (Å²) in [5, 5.41) is 11.3. The van der Waals surface area contributed by atoms with Gasteiger partial charge in [-0.05, 0) is 25.5 Å². The number of benzene rings is 1. The van der Waals surface area contributed by atoms with Gasteiger partial charge in [0.2, 0.25) is 0 Å². The molecule has 1 aromatic heterocycles. The number of phenols is 1. The number of thiazole rings is 1. The van der Waals surface area contributed by atoms with Crippen molar-refractivity contribution >= 4 is 22.9 Å². The normalized spacial score (nSPS) is 10.3. The van der Waals surface area contributed by atoms with Gasteiger partial charge in [0.25, 0.3) is 5.91 Å². The molecule has 0 unspecified atom stereocenters. The number of aromatic hydroxyl groups is 1. The SMILES string of the molecule is CCN(C(=O)c1cscn1)c1cc(O)ccc1C. The summed E-state index contributed by atoms with van der Waals surface area (Å²) in [6, 6.07) is 5.00. The Morgan fingerprint density at radius 1 is 1.50 bits per heavy atom. The zero-order chi connectivity index (χ0) is 13.1. The number of hydrogen-bond donors (Lipinski definition) is 1. The molecule has 1 aromatic carbocycles. The third kappa shape index (κ3) is 2.36. The van der Waals surface area contributed by atoms with Crippen LogP contribution in [0.3, 0.4) is 0 Å². The third-order valence-corrected chi connectivity index (χ3v) is 3.28. The molecule has 1 amide bonds. The summed E-state index contributed by atoms with van der Waals surface area (Å²) in [5.41, 5.74) is 3.73. The first-order chi connectivity index (χ1) is 8.63. The summed E-state index contributed by atoms with van der Waals surface area (Å²) in [7, 11) is 0. The molecule has 0 saturated heterocycles. The van der Waals surface area contributed by atoms with E-state index in [1.807, 2.05) is 13.8 Å². The Bertz CT molecular complexity index is 552. The van der Waals surface area contributed by atoms with E-state index in [9.17, 15) is 9.90 Å². The molecule has 2 aromatic rings. The van der Waals surface area contributed by atoms with Crippen molar-refractivity contribution in [3.05, 3.63) is 40.3 Å². The predicted octanol–water partition coefficient (Wildman–Crippen LogP) is 2.82. The lowest BCUT2D eigenvalue weighted by Crippen LogP contribution is -2.31. The Kier molecular flexibility index (Phi) is 3.62. The maximum Gasteiger partial charge on any atom is 0.277 e. The summed E-state index contributed by atoms with van der Waals surface area (Å²) in [6.07, 6.45) is 0. The van der Waals surface area contributed by atoms with Gasteiger partial charge in [-0.2, -0.15) is 0 Å². The van der Waals surface area contributed by atoms with Crippen molar-refractivity contribution in [3.8, 4) is 5.75 Å². The molecule has 18 heavy (non-hydrogen) atoms. The Hall–Kier alpha value is -1.88. The van der Waals surface area contributed by atoms with Gasteiger partial charge in [-0.25, -0.2) is 4.98 Å². The summed E-state index contributed by atoms with van der Waals surface area (Å²) < 4.78 is 0. The topological polar surface area (TPSA) is 53.4 Å². The van der Waals surface area contributed by atoms with E-state index in [2.05, 4.69) is 4.98 Å². The van der Waals surface area contributed by atoms with Crippen LogP contribution in [0.4, 0.5) is 5.69 Å². The Morgan fingerprint density at radius 3 is 2.89 bits per heavy atom. The van der Waals surface area contributed by atoms with Crippen LogP contribution in [-0.2, 0) is 0 Å². The van der Waals surface area contributed by atoms with Gasteiger partial charge in [0.05, 0.1) is 11.2 Å². The van der Waals surface area contributed by atoms with Gasteiger partial charge in [-0.15, -0.1) is 11.3 Å². The van der Waals surface area contributed by atoms with Crippen LogP contribution in [0.2, 0.25) is 0 Å². The van der Waals surface area contributed by atoms with E-state index in [4.69, 9.17) is 0 Å². The molecule has 0 spiro atoms. The average molecular weight is 262 g/mol. The molecule has 0 fully saturated rings. The lowest BCUT2D eigenvalue weighted by molar-refractivity contribution is 0.0984. The van der Waals surface area contributed by atoms with Gasteiger partial charge < -0.3 is 10.0 Å². The van der Waals surface area contributed by atoms with Crippen molar-refractivity contribution in [3.63, 3.8) is 0 Å². The first kappa shape index (κ1) is 12.6. The number of aryl methyl sites for hydroxylation is 1. The summed E-state index contributed by atoms with van der Waals surface area (Å²) in [6.45, 7) is 4.33. The van der Waals surface area contributed by atoms with Crippen molar-refractivity contribution in [1.29, 1.82) is 0 Å². The molecule has 4 nitrogen and oxygen atoms in total. The summed E-state index contributed by atoms with van der Waals surface area (Å²) in [5.74, 6) is 0.00702. The fraction of sp³-hybridized carbons (Fsp3) is 0.231. The highest BCUT2D eigenvalue weighted by Gasteiger charge is 2.19. The number of amides is 1. The largest absolute Gasteiger partial charge is 0.508 e. The Morgan fingerprint density at radius 2 is 2.28 bits per heavy atom.